The van der Waals surface area contributed by atoms with E-state index in [1.165, 1.54) is 0 Å². The van der Waals surface area contributed by atoms with E-state index in [1.807, 2.05) is 0 Å². The monoisotopic (exact) mass is 382 g/mol. The SMILES string of the molecule is O=C(Cn1ccc(C(F)(F)F)n1)Nc1ccccc1C(=O)N1CCOCC1. The number of benzene rings is 1. The first kappa shape index (κ1) is 18.9. The largest absolute Gasteiger partial charge is 0.435 e. The maximum atomic E-state index is 12.7. The summed E-state index contributed by atoms with van der Waals surface area (Å²) in [5, 5.41) is 5.90. The van der Waals surface area contributed by atoms with Gasteiger partial charge >= 0.3 is 6.18 Å². The number of hydrogen-bond acceptors (Lipinski definition) is 4. The summed E-state index contributed by atoms with van der Waals surface area (Å²) in [6.45, 7) is 1.39. The Labute approximate surface area is 152 Å². The molecule has 1 aliphatic heterocycles. The smallest absolute Gasteiger partial charge is 0.378 e. The Bertz CT molecular complexity index is 829. The van der Waals surface area contributed by atoms with Crippen LogP contribution in [0.1, 0.15) is 16.1 Å². The van der Waals surface area contributed by atoms with E-state index in [0.717, 1.165) is 16.9 Å². The van der Waals surface area contributed by atoms with Crippen LogP contribution in [-0.2, 0) is 22.3 Å². The second-order valence-electron chi connectivity index (χ2n) is 5.89. The number of hydrogen-bond donors (Lipinski definition) is 1. The van der Waals surface area contributed by atoms with Gasteiger partial charge in [0.25, 0.3) is 5.91 Å². The summed E-state index contributed by atoms with van der Waals surface area (Å²) in [6, 6.07) is 7.27. The molecule has 0 unspecified atom stereocenters. The normalized spacial score (nSPS) is 14.9. The van der Waals surface area contributed by atoms with E-state index in [-0.39, 0.29) is 5.91 Å². The molecule has 10 heteroatoms. The number of aromatic nitrogens is 2. The minimum atomic E-state index is -4.57. The van der Waals surface area contributed by atoms with Gasteiger partial charge in [0, 0.05) is 19.3 Å². The number of amides is 2. The number of alkyl halides is 3. The van der Waals surface area contributed by atoms with Crippen molar-refractivity contribution in [3.8, 4) is 0 Å². The highest BCUT2D eigenvalue weighted by Crippen LogP contribution is 2.27. The fourth-order valence-electron chi connectivity index (χ4n) is 2.65. The molecule has 0 bridgehead atoms. The number of rotatable bonds is 4. The Morgan fingerprint density at radius 1 is 1.15 bits per heavy atom. The molecule has 27 heavy (non-hydrogen) atoms. The average Bonchev–Trinajstić information content (AvgIpc) is 3.11. The summed E-state index contributed by atoms with van der Waals surface area (Å²) in [7, 11) is 0. The van der Waals surface area contributed by atoms with Gasteiger partial charge in [0.05, 0.1) is 24.5 Å². The molecule has 1 aromatic heterocycles. The van der Waals surface area contributed by atoms with E-state index in [2.05, 4.69) is 10.4 Å². The third kappa shape index (κ3) is 4.64. The molecule has 7 nitrogen and oxygen atoms in total. The van der Waals surface area contributed by atoms with Crippen molar-refractivity contribution in [1.29, 1.82) is 0 Å². The van der Waals surface area contributed by atoms with E-state index in [1.54, 1.807) is 29.2 Å². The van der Waals surface area contributed by atoms with Crippen LogP contribution >= 0.6 is 0 Å². The van der Waals surface area contributed by atoms with Crippen LogP contribution in [0, 0.1) is 0 Å². The Hall–Kier alpha value is -2.88. The van der Waals surface area contributed by atoms with Crippen LogP contribution in [-0.4, -0.2) is 52.8 Å². The molecular formula is C17H17F3N4O3. The highest BCUT2D eigenvalue weighted by molar-refractivity contribution is 6.03. The van der Waals surface area contributed by atoms with Gasteiger partial charge < -0.3 is 15.0 Å². The van der Waals surface area contributed by atoms with Crippen molar-refractivity contribution in [2.75, 3.05) is 31.6 Å². The molecule has 0 radical (unpaired) electrons. The number of nitrogens with zero attached hydrogens (tertiary/aromatic N) is 3. The predicted molar refractivity (Wildman–Crippen MR) is 89.0 cm³/mol. The lowest BCUT2D eigenvalue weighted by Gasteiger charge is -2.27. The van der Waals surface area contributed by atoms with E-state index in [9.17, 15) is 22.8 Å². The summed E-state index contributed by atoms with van der Waals surface area (Å²) in [6.07, 6.45) is -3.49. The number of nitrogens with one attached hydrogen (secondary N) is 1. The van der Waals surface area contributed by atoms with Crippen molar-refractivity contribution in [3.63, 3.8) is 0 Å². The summed E-state index contributed by atoms with van der Waals surface area (Å²) in [4.78, 5) is 26.5. The van der Waals surface area contributed by atoms with Crippen LogP contribution in [0.25, 0.3) is 0 Å². The Morgan fingerprint density at radius 3 is 2.52 bits per heavy atom. The van der Waals surface area contributed by atoms with Gasteiger partial charge in [0.15, 0.2) is 5.69 Å². The van der Waals surface area contributed by atoms with Crippen molar-refractivity contribution in [3.05, 3.63) is 47.8 Å². The topological polar surface area (TPSA) is 76.5 Å². The molecule has 0 saturated carbocycles. The molecule has 1 N–H and O–H groups in total. The van der Waals surface area contributed by atoms with Gasteiger partial charge in [-0.1, -0.05) is 12.1 Å². The Balaban J connectivity index is 1.69. The molecule has 0 aliphatic carbocycles. The van der Waals surface area contributed by atoms with Crippen LogP contribution in [0.2, 0.25) is 0 Å². The highest BCUT2D eigenvalue weighted by Gasteiger charge is 2.33. The Morgan fingerprint density at radius 2 is 1.85 bits per heavy atom. The first-order valence-electron chi connectivity index (χ1n) is 8.21. The van der Waals surface area contributed by atoms with Crippen LogP contribution in [0.15, 0.2) is 36.5 Å². The summed E-state index contributed by atoms with van der Waals surface area (Å²) < 4.78 is 43.8. The van der Waals surface area contributed by atoms with Crippen molar-refractivity contribution < 1.29 is 27.5 Å². The second kappa shape index (κ2) is 7.78. The van der Waals surface area contributed by atoms with Gasteiger partial charge in [-0.15, -0.1) is 0 Å². The first-order chi connectivity index (χ1) is 12.8. The van der Waals surface area contributed by atoms with E-state index >= 15 is 0 Å². The molecule has 3 rings (SSSR count). The maximum absolute atomic E-state index is 12.7. The van der Waals surface area contributed by atoms with Gasteiger partial charge in [-0.3, -0.25) is 14.3 Å². The van der Waals surface area contributed by atoms with Gasteiger partial charge in [-0.05, 0) is 18.2 Å². The van der Waals surface area contributed by atoms with Gasteiger partial charge in [-0.25, -0.2) is 0 Å². The van der Waals surface area contributed by atoms with Crippen molar-refractivity contribution >= 4 is 17.5 Å². The van der Waals surface area contributed by atoms with Crippen molar-refractivity contribution in [2.24, 2.45) is 0 Å². The summed E-state index contributed by atoms with van der Waals surface area (Å²) >= 11 is 0. The molecule has 2 heterocycles. The molecule has 0 spiro atoms. The quantitative estimate of drug-likeness (QED) is 0.878. The molecule has 144 valence electrons. The van der Waals surface area contributed by atoms with Crippen LogP contribution in [0.3, 0.4) is 0 Å². The Kier molecular flexibility index (Phi) is 5.45. The lowest BCUT2D eigenvalue weighted by Crippen LogP contribution is -2.41. The molecule has 0 atom stereocenters. The molecule has 1 fully saturated rings. The number of halogens is 3. The number of para-hydroxylation sites is 1. The van der Waals surface area contributed by atoms with E-state index in [0.29, 0.717) is 37.6 Å². The minimum Gasteiger partial charge on any atom is -0.378 e. The lowest BCUT2D eigenvalue weighted by atomic mass is 10.1. The van der Waals surface area contributed by atoms with Crippen molar-refractivity contribution in [2.45, 2.75) is 12.7 Å². The molecule has 2 amide bonds. The number of ether oxygens (including phenoxy) is 1. The summed E-state index contributed by atoms with van der Waals surface area (Å²) in [5.41, 5.74) is -0.468. The van der Waals surface area contributed by atoms with Crippen LogP contribution < -0.4 is 5.32 Å². The van der Waals surface area contributed by atoms with Crippen molar-refractivity contribution in [1.82, 2.24) is 14.7 Å². The number of carbonyl (C=O) groups is 2. The third-order valence-corrected chi connectivity index (χ3v) is 3.97. The maximum Gasteiger partial charge on any atom is 0.435 e. The molecule has 1 saturated heterocycles. The van der Waals surface area contributed by atoms with E-state index < -0.39 is 24.3 Å². The molecule has 1 aliphatic rings. The zero-order valence-corrected chi connectivity index (χ0v) is 14.2. The van der Waals surface area contributed by atoms with Gasteiger partial charge in [0.2, 0.25) is 5.91 Å². The first-order valence-corrected chi connectivity index (χ1v) is 8.21. The van der Waals surface area contributed by atoms with Gasteiger partial charge in [0.1, 0.15) is 6.54 Å². The molecular weight excluding hydrogens is 365 g/mol. The predicted octanol–water partition coefficient (Wildman–Crippen LogP) is 2.01. The zero-order valence-electron chi connectivity index (χ0n) is 14.2. The second-order valence-corrected chi connectivity index (χ2v) is 5.89. The molecule has 1 aromatic carbocycles. The zero-order chi connectivity index (χ0) is 19.4. The minimum absolute atomic E-state index is 0.243. The fourth-order valence-corrected chi connectivity index (χ4v) is 2.65. The van der Waals surface area contributed by atoms with Gasteiger partial charge in [-0.2, -0.15) is 18.3 Å². The summed E-state index contributed by atoms with van der Waals surface area (Å²) in [5.74, 6) is -0.832. The van der Waals surface area contributed by atoms with Crippen LogP contribution in [0.4, 0.5) is 18.9 Å². The average molecular weight is 382 g/mol. The number of anilines is 1. The highest BCUT2D eigenvalue weighted by atomic mass is 19.4. The fraction of sp³-hybridized carbons (Fsp3) is 0.353. The van der Waals surface area contributed by atoms with Crippen LogP contribution in [0.5, 0.6) is 0 Å². The molecule has 2 aromatic rings. The third-order valence-electron chi connectivity index (χ3n) is 3.97. The number of carbonyl (C=O) groups excluding carboxylic acids is 2. The number of morpholine rings is 1. The van der Waals surface area contributed by atoms with E-state index in [4.69, 9.17) is 4.74 Å². The lowest BCUT2D eigenvalue weighted by molar-refractivity contribution is -0.141. The standard InChI is InChI=1S/C17H17F3N4O3/c18-17(19,20)14-5-6-24(22-14)11-15(25)21-13-4-2-1-3-12(13)16(26)23-7-9-27-10-8-23/h1-6H,7-11H2,(H,21,25).